The molecule has 5 heteroatoms. The summed E-state index contributed by atoms with van der Waals surface area (Å²) in [5.74, 6) is 0. The molecular weight excluding hydrogens is 221 g/mol. The van der Waals surface area contributed by atoms with Gasteiger partial charge in [0.2, 0.25) is 0 Å². The molecule has 0 saturated heterocycles. The number of rotatable bonds is 0. The fourth-order valence-electron chi connectivity index (χ4n) is 0.940. The molecule has 0 spiro atoms. The van der Waals surface area contributed by atoms with E-state index >= 15 is 0 Å². The van der Waals surface area contributed by atoms with Crippen LogP contribution in [0.1, 0.15) is 11.1 Å². The van der Waals surface area contributed by atoms with Crippen LogP contribution in [0.15, 0.2) is 17.0 Å². The first-order valence-electron chi connectivity index (χ1n) is 3.39. The van der Waals surface area contributed by atoms with Crippen LogP contribution in [0.3, 0.4) is 0 Å². The largest absolute Gasteiger partial charge is 0.418 e. The van der Waals surface area contributed by atoms with Crippen LogP contribution in [0.2, 0.25) is 5.02 Å². The fourth-order valence-corrected chi connectivity index (χ4v) is 1.59. The molecule has 0 nitrogen and oxygen atoms in total. The Morgan fingerprint density at radius 3 is 2.23 bits per heavy atom. The van der Waals surface area contributed by atoms with E-state index in [-0.39, 0.29) is 9.92 Å². The van der Waals surface area contributed by atoms with Crippen LogP contribution in [0, 0.1) is 6.92 Å². The van der Waals surface area contributed by atoms with Crippen molar-refractivity contribution >= 4 is 24.2 Å². The number of benzene rings is 1. The summed E-state index contributed by atoms with van der Waals surface area (Å²) in [4.78, 5) is -0.111. The molecule has 1 aromatic rings. The standard InChI is InChI=1S/C8H6ClF3S/c1-4-2-3-5(9)6(7(4)13)8(10,11)12/h2-3,13H,1H3. The predicted molar refractivity (Wildman–Crippen MR) is 48.4 cm³/mol. The molecule has 0 radical (unpaired) electrons. The molecule has 0 atom stereocenters. The first-order valence-corrected chi connectivity index (χ1v) is 4.22. The monoisotopic (exact) mass is 226 g/mol. The summed E-state index contributed by atoms with van der Waals surface area (Å²) in [6, 6.07) is 2.72. The quantitative estimate of drug-likeness (QED) is 0.636. The summed E-state index contributed by atoms with van der Waals surface area (Å²) in [5.41, 5.74) is -0.405. The number of thiol groups is 1. The summed E-state index contributed by atoms with van der Waals surface area (Å²) < 4.78 is 37.1. The molecule has 0 saturated carbocycles. The molecule has 0 amide bonds. The van der Waals surface area contributed by atoms with Gasteiger partial charge in [-0.15, -0.1) is 12.6 Å². The van der Waals surface area contributed by atoms with Crippen LogP contribution in [-0.4, -0.2) is 0 Å². The molecular formula is C8H6ClF3S. The van der Waals surface area contributed by atoms with Crippen LogP contribution in [-0.2, 0) is 6.18 Å². The summed E-state index contributed by atoms with van der Waals surface area (Å²) in [6.45, 7) is 1.55. The molecule has 0 aliphatic rings. The van der Waals surface area contributed by atoms with Gasteiger partial charge in [0.15, 0.2) is 0 Å². The predicted octanol–water partition coefficient (Wildman–Crippen LogP) is 3.96. The van der Waals surface area contributed by atoms with Gasteiger partial charge in [0.25, 0.3) is 0 Å². The molecule has 0 aliphatic carbocycles. The third-order valence-electron chi connectivity index (χ3n) is 1.61. The average Bonchev–Trinajstić information content (AvgIpc) is 1.95. The van der Waals surface area contributed by atoms with E-state index in [9.17, 15) is 13.2 Å². The molecule has 0 aliphatic heterocycles. The van der Waals surface area contributed by atoms with Gasteiger partial charge in [-0.25, -0.2) is 0 Å². The lowest BCUT2D eigenvalue weighted by molar-refractivity contribution is -0.139. The Labute approximate surface area is 84.1 Å². The zero-order valence-electron chi connectivity index (χ0n) is 6.61. The fraction of sp³-hybridized carbons (Fsp3) is 0.250. The zero-order chi connectivity index (χ0) is 10.2. The lowest BCUT2D eigenvalue weighted by Crippen LogP contribution is -2.08. The Balaban J connectivity index is 3.43. The minimum absolute atomic E-state index is 0.111. The molecule has 0 aromatic heterocycles. The van der Waals surface area contributed by atoms with E-state index in [0.29, 0.717) is 5.56 Å². The van der Waals surface area contributed by atoms with Crippen LogP contribution in [0.25, 0.3) is 0 Å². The van der Waals surface area contributed by atoms with Crippen molar-refractivity contribution in [3.8, 4) is 0 Å². The first kappa shape index (κ1) is 10.7. The molecule has 1 rings (SSSR count). The van der Waals surface area contributed by atoms with Gasteiger partial charge in [-0.1, -0.05) is 17.7 Å². The van der Waals surface area contributed by atoms with Gasteiger partial charge in [0.05, 0.1) is 10.6 Å². The number of alkyl halides is 3. The average molecular weight is 227 g/mol. The molecule has 13 heavy (non-hydrogen) atoms. The lowest BCUT2D eigenvalue weighted by atomic mass is 10.1. The van der Waals surface area contributed by atoms with Gasteiger partial charge in [-0.3, -0.25) is 0 Å². The highest BCUT2D eigenvalue weighted by atomic mass is 35.5. The highest BCUT2D eigenvalue weighted by Gasteiger charge is 2.35. The summed E-state index contributed by atoms with van der Waals surface area (Å²) in [5, 5.41) is -0.317. The SMILES string of the molecule is Cc1ccc(Cl)c(C(F)(F)F)c1S. The van der Waals surface area contributed by atoms with E-state index in [4.69, 9.17) is 11.6 Å². The number of halogens is 4. The van der Waals surface area contributed by atoms with E-state index in [1.165, 1.54) is 12.1 Å². The highest BCUT2D eigenvalue weighted by Crippen LogP contribution is 2.39. The van der Waals surface area contributed by atoms with Crippen molar-refractivity contribution in [1.82, 2.24) is 0 Å². The van der Waals surface area contributed by atoms with Gasteiger partial charge < -0.3 is 0 Å². The smallest absolute Gasteiger partial charge is 0.166 e. The van der Waals surface area contributed by atoms with Crippen molar-refractivity contribution in [1.29, 1.82) is 0 Å². The maximum absolute atomic E-state index is 12.4. The molecule has 1 aromatic carbocycles. The second kappa shape index (κ2) is 3.42. The molecule has 0 bridgehead atoms. The molecule has 0 N–H and O–H groups in total. The maximum atomic E-state index is 12.4. The maximum Gasteiger partial charge on any atom is 0.418 e. The second-order valence-electron chi connectivity index (χ2n) is 2.59. The van der Waals surface area contributed by atoms with E-state index in [1.807, 2.05) is 0 Å². The van der Waals surface area contributed by atoms with E-state index in [2.05, 4.69) is 12.6 Å². The Morgan fingerprint density at radius 1 is 1.31 bits per heavy atom. The Morgan fingerprint density at radius 2 is 1.85 bits per heavy atom. The van der Waals surface area contributed by atoms with Crippen LogP contribution < -0.4 is 0 Å². The van der Waals surface area contributed by atoms with Gasteiger partial charge in [0.1, 0.15) is 0 Å². The van der Waals surface area contributed by atoms with Gasteiger partial charge >= 0.3 is 6.18 Å². The zero-order valence-corrected chi connectivity index (χ0v) is 8.26. The third kappa shape index (κ3) is 2.11. The Kier molecular flexibility index (Phi) is 2.82. The van der Waals surface area contributed by atoms with Crippen molar-refractivity contribution in [3.63, 3.8) is 0 Å². The molecule has 0 heterocycles. The first-order chi connectivity index (χ1) is 5.84. The Hall–Kier alpha value is -0.350. The van der Waals surface area contributed by atoms with E-state index < -0.39 is 11.7 Å². The van der Waals surface area contributed by atoms with Crippen LogP contribution >= 0.6 is 24.2 Å². The van der Waals surface area contributed by atoms with Gasteiger partial charge in [0, 0.05) is 4.90 Å². The second-order valence-corrected chi connectivity index (χ2v) is 3.44. The van der Waals surface area contributed by atoms with Crippen molar-refractivity contribution in [2.45, 2.75) is 18.0 Å². The van der Waals surface area contributed by atoms with Crippen molar-refractivity contribution in [3.05, 3.63) is 28.3 Å². The van der Waals surface area contributed by atoms with Gasteiger partial charge in [-0.2, -0.15) is 13.2 Å². The lowest BCUT2D eigenvalue weighted by Gasteiger charge is -2.12. The highest BCUT2D eigenvalue weighted by molar-refractivity contribution is 7.80. The minimum atomic E-state index is -4.44. The van der Waals surface area contributed by atoms with Crippen molar-refractivity contribution in [2.75, 3.05) is 0 Å². The topological polar surface area (TPSA) is 0 Å². The third-order valence-corrected chi connectivity index (χ3v) is 2.50. The summed E-state index contributed by atoms with van der Waals surface area (Å²) in [6.07, 6.45) is -4.44. The summed E-state index contributed by atoms with van der Waals surface area (Å²) in [7, 11) is 0. The van der Waals surface area contributed by atoms with Crippen molar-refractivity contribution < 1.29 is 13.2 Å². The molecule has 0 fully saturated rings. The molecule has 72 valence electrons. The number of hydrogen-bond acceptors (Lipinski definition) is 1. The van der Waals surface area contributed by atoms with E-state index in [0.717, 1.165) is 0 Å². The Bertz CT molecular complexity index is 333. The normalized spacial score (nSPS) is 11.8. The number of aryl methyl sites for hydroxylation is 1. The minimum Gasteiger partial charge on any atom is -0.166 e. The van der Waals surface area contributed by atoms with Gasteiger partial charge in [-0.05, 0) is 18.6 Å². The van der Waals surface area contributed by atoms with Crippen LogP contribution in [0.4, 0.5) is 13.2 Å². The van der Waals surface area contributed by atoms with Crippen molar-refractivity contribution in [2.24, 2.45) is 0 Å². The number of hydrogen-bond donors (Lipinski definition) is 1. The van der Waals surface area contributed by atoms with Crippen LogP contribution in [0.5, 0.6) is 0 Å². The van der Waals surface area contributed by atoms with E-state index in [1.54, 1.807) is 6.92 Å². The molecule has 0 unspecified atom stereocenters. The summed E-state index contributed by atoms with van der Waals surface area (Å²) >= 11 is 9.19.